The van der Waals surface area contributed by atoms with E-state index in [0.717, 1.165) is 30.2 Å². The van der Waals surface area contributed by atoms with E-state index in [9.17, 15) is 26.7 Å². The Kier molecular flexibility index (Phi) is 7.18. The number of carboxylic acids is 1. The average Bonchev–Trinajstić information content (AvgIpc) is 3.16. The summed E-state index contributed by atoms with van der Waals surface area (Å²) in [6.07, 6.45) is -4.16. The molecule has 0 fully saturated rings. The number of carbonyl (C=O) groups is 1. The van der Waals surface area contributed by atoms with Gasteiger partial charge in [-0.25, -0.2) is 8.78 Å². The molecule has 1 heterocycles. The van der Waals surface area contributed by atoms with Gasteiger partial charge in [0.05, 0.1) is 4.88 Å². The molecule has 0 spiro atoms. The van der Waals surface area contributed by atoms with Crippen molar-refractivity contribution in [1.82, 2.24) is 0 Å². The van der Waals surface area contributed by atoms with E-state index < -0.39 is 41.0 Å². The van der Waals surface area contributed by atoms with Gasteiger partial charge in [0.1, 0.15) is 11.5 Å². The van der Waals surface area contributed by atoms with Crippen LogP contribution in [0.5, 0.6) is 5.75 Å². The number of benzene rings is 2. The van der Waals surface area contributed by atoms with Crippen LogP contribution < -0.4 is 4.74 Å². The lowest BCUT2D eigenvalue weighted by Crippen LogP contribution is -2.03. The van der Waals surface area contributed by atoms with Crippen LogP contribution in [0.25, 0.3) is 11.1 Å². The maximum Gasteiger partial charge on any atom is 0.425 e. The topological polar surface area (TPSA) is 46.5 Å². The van der Waals surface area contributed by atoms with Gasteiger partial charge in [0.25, 0.3) is 0 Å². The van der Waals surface area contributed by atoms with E-state index in [2.05, 4.69) is 0 Å². The third-order valence-electron chi connectivity index (χ3n) is 4.79. The maximum absolute atomic E-state index is 14.4. The van der Waals surface area contributed by atoms with Crippen molar-refractivity contribution < 1.29 is 36.6 Å². The number of aryl methyl sites for hydroxylation is 2. The van der Waals surface area contributed by atoms with Crippen molar-refractivity contribution in [3.8, 4) is 16.9 Å². The monoisotopic (exact) mass is 470 g/mol. The molecule has 0 radical (unpaired) electrons. The average molecular weight is 470 g/mol. The molecule has 3 aromatic rings. The molecular weight excluding hydrogens is 451 g/mol. The van der Waals surface area contributed by atoms with Gasteiger partial charge in [-0.15, -0.1) is 11.3 Å². The lowest BCUT2D eigenvalue weighted by atomic mass is 10.0. The Hall–Kier alpha value is -2.94. The SMILES string of the molecule is CCc1ccc(-c2cc(C(F)(F)F)sc2COc2c(F)cc(CCC(=O)O)cc2F)cc1. The molecule has 170 valence electrons. The highest BCUT2D eigenvalue weighted by Gasteiger charge is 2.34. The van der Waals surface area contributed by atoms with Crippen molar-refractivity contribution in [2.45, 2.75) is 39.0 Å². The van der Waals surface area contributed by atoms with Crippen molar-refractivity contribution in [1.29, 1.82) is 0 Å². The van der Waals surface area contributed by atoms with Gasteiger partial charge in [-0.3, -0.25) is 4.79 Å². The van der Waals surface area contributed by atoms with Crippen LogP contribution in [-0.2, 0) is 30.4 Å². The van der Waals surface area contributed by atoms with Crippen LogP contribution in [0.3, 0.4) is 0 Å². The lowest BCUT2D eigenvalue weighted by Gasteiger charge is -2.11. The summed E-state index contributed by atoms with van der Waals surface area (Å²) >= 11 is 0.457. The standard InChI is InChI=1S/C23H19F5O3S/c1-2-13-3-6-15(7-4-13)16-11-20(23(26,27)28)32-19(16)12-31-22-17(24)9-14(10-18(22)25)5-8-21(29)30/h3-4,6-7,9-11H,2,5,8,12H2,1H3,(H,29,30). The van der Waals surface area contributed by atoms with E-state index in [1.54, 1.807) is 24.3 Å². The Morgan fingerprint density at radius 3 is 2.19 bits per heavy atom. The smallest absolute Gasteiger partial charge is 0.425 e. The summed E-state index contributed by atoms with van der Waals surface area (Å²) in [5.74, 6) is -3.93. The predicted octanol–water partition coefficient (Wildman–Crippen LogP) is 6.87. The number of ether oxygens (including phenoxy) is 1. The molecule has 0 saturated carbocycles. The lowest BCUT2D eigenvalue weighted by molar-refractivity contribution is -0.137. The number of hydrogen-bond acceptors (Lipinski definition) is 3. The number of alkyl halides is 3. The number of thiophene rings is 1. The van der Waals surface area contributed by atoms with E-state index >= 15 is 0 Å². The minimum absolute atomic E-state index is 0.0682. The molecule has 9 heteroatoms. The summed E-state index contributed by atoms with van der Waals surface area (Å²) in [5.41, 5.74) is 1.98. The summed E-state index contributed by atoms with van der Waals surface area (Å²) in [5, 5.41) is 8.70. The zero-order valence-corrected chi connectivity index (χ0v) is 17.7. The van der Waals surface area contributed by atoms with Crippen molar-refractivity contribution >= 4 is 17.3 Å². The summed E-state index contributed by atoms with van der Waals surface area (Å²) in [4.78, 5) is 9.97. The normalized spacial score (nSPS) is 11.6. The molecule has 0 unspecified atom stereocenters. The molecule has 32 heavy (non-hydrogen) atoms. The molecule has 0 aliphatic rings. The Morgan fingerprint density at radius 1 is 1.03 bits per heavy atom. The first-order valence-electron chi connectivity index (χ1n) is 9.70. The third kappa shape index (κ3) is 5.64. The van der Waals surface area contributed by atoms with Crippen molar-refractivity contribution in [3.05, 3.63) is 75.0 Å². The second-order valence-corrected chi connectivity index (χ2v) is 8.20. The summed E-state index contributed by atoms with van der Waals surface area (Å²) in [6.45, 7) is 1.49. The van der Waals surface area contributed by atoms with Crippen LogP contribution in [0.2, 0.25) is 0 Å². The first kappa shape index (κ1) is 23.7. The van der Waals surface area contributed by atoms with Crippen LogP contribution in [-0.4, -0.2) is 11.1 Å². The molecule has 0 aliphatic heterocycles. The van der Waals surface area contributed by atoms with Crippen LogP contribution in [0, 0.1) is 11.6 Å². The van der Waals surface area contributed by atoms with Gasteiger partial charge < -0.3 is 9.84 Å². The van der Waals surface area contributed by atoms with E-state index in [4.69, 9.17) is 9.84 Å². The summed E-state index contributed by atoms with van der Waals surface area (Å²) in [6, 6.07) is 9.93. The quantitative estimate of drug-likeness (QED) is 0.366. The molecule has 0 atom stereocenters. The zero-order chi connectivity index (χ0) is 23.5. The fourth-order valence-corrected chi connectivity index (χ4v) is 4.09. The van der Waals surface area contributed by atoms with Crippen LogP contribution in [0.4, 0.5) is 22.0 Å². The van der Waals surface area contributed by atoms with Crippen LogP contribution >= 0.6 is 11.3 Å². The maximum atomic E-state index is 14.4. The third-order valence-corrected chi connectivity index (χ3v) is 5.95. The van der Waals surface area contributed by atoms with Gasteiger partial charge in [0.2, 0.25) is 0 Å². The Labute approximate surface area is 185 Å². The van der Waals surface area contributed by atoms with Gasteiger partial charge in [0, 0.05) is 6.42 Å². The molecule has 1 aromatic heterocycles. The van der Waals surface area contributed by atoms with Gasteiger partial charge in [0.15, 0.2) is 17.4 Å². The van der Waals surface area contributed by atoms with Crippen molar-refractivity contribution in [3.63, 3.8) is 0 Å². The van der Waals surface area contributed by atoms with Gasteiger partial charge in [-0.2, -0.15) is 13.2 Å². The molecule has 0 saturated heterocycles. The fourth-order valence-electron chi connectivity index (χ4n) is 3.12. The molecule has 3 nitrogen and oxygen atoms in total. The first-order chi connectivity index (χ1) is 15.1. The predicted molar refractivity (Wildman–Crippen MR) is 111 cm³/mol. The van der Waals surface area contributed by atoms with E-state index in [1.807, 2.05) is 6.92 Å². The number of halogens is 5. The highest BCUT2D eigenvalue weighted by atomic mass is 32.1. The molecule has 0 aliphatic carbocycles. The summed E-state index contributed by atoms with van der Waals surface area (Å²) < 4.78 is 73.8. The van der Waals surface area contributed by atoms with Crippen molar-refractivity contribution in [2.75, 3.05) is 0 Å². The molecule has 3 rings (SSSR count). The number of aliphatic carboxylic acids is 1. The second kappa shape index (κ2) is 9.68. The van der Waals surface area contributed by atoms with Gasteiger partial charge in [-0.05, 0) is 53.3 Å². The van der Waals surface area contributed by atoms with E-state index in [-0.39, 0.29) is 28.8 Å². The molecule has 0 bridgehead atoms. The van der Waals surface area contributed by atoms with Gasteiger partial charge in [-0.1, -0.05) is 31.2 Å². The zero-order valence-electron chi connectivity index (χ0n) is 16.9. The number of carboxylic acid groups (broad SMARTS) is 1. The highest BCUT2D eigenvalue weighted by molar-refractivity contribution is 7.12. The molecule has 1 N–H and O–H groups in total. The van der Waals surface area contributed by atoms with E-state index in [0.29, 0.717) is 16.9 Å². The molecule has 0 amide bonds. The van der Waals surface area contributed by atoms with Crippen LogP contribution in [0.1, 0.15) is 34.2 Å². The van der Waals surface area contributed by atoms with Crippen molar-refractivity contribution in [2.24, 2.45) is 0 Å². The fraction of sp³-hybridized carbons (Fsp3) is 0.261. The summed E-state index contributed by atoms with van der Waals surface area (Å²) in [7, 11) is 0. The van der Waals surface area contributed by atoms with E-state index in [1.165, 1.54) is 0 Å². The highest BCUT2D eigenvalue weighted by Crippen LogP contribution is 2.41. The Balaban J connectivity index is 1.88. The second-order valence-electron chi connectivity index (χ2n) is 7.07. The first-order valence-corrected chi connectivity index (χ1v) is 10.5. The van der Waals surface area contributed by atoms with Crippen LogP contribution in [0.15, 0.2) is 42.5 Å². The molecule has 2 aromatic carbocycles. The Bertz CT molecular complexity index is 1080. The minimum atomic E-state index is -4.57. The minimum Gasteiger partial charge on any atom is -0.482 e. The van der Waals surface area contributed by atoms with Gasteiger partial charge >= 0.3 is 12.1 Å². The number of rotatable bonds is 8. The molecular formula is C23H19F5O3S. The largest absolute Gasteiger partial charge is 0.482 e. The number of hydrogen-bond donors (Lipinski definition) is 1. The Morgan fingerprint density at radius 2 is 1.66 bits per heavy atom.